The van der Waals surface area contributed by atoms with E-state index in [-0.39, 0.29) is 17.6 Å². The molecule has 2 aliphatic rings. The quantitative estimate of drug-likeness (QED) is 0.557. The summed E-state index contributed by atoms with van der Waals surface area (Å²) in [7, 11) is 0. The molecule has 0 amide bonds. The third kappa shape index (κ3) is 0.906. The summed E-state index contributed by atoms with van der Waals surface area (Å²) in [5, 5.41) is 17.8. The van der Waals surface area contributed by atoms with Crippen LogP contribution < -0.4 is 0 Å². The van der Waals surface area contributed by atoms with Gasteiger partial charge >= 0.3 is 0 Å². The molecule has 0 aromatic heterocycles. The summed E-state index contributed by atoms with van der Waals surface area (Å²) in [6.07, 6.45) is 2.85. The second-order valence-corrected chi connectivity index (χ2v) is 3.97. The Hall–Kier alpha value is -1.35. The van der Waals surface area contributed by atoms with Crippen LogP contribution in [0.15, 0.2) is 0 Å². The molecular weight excluding hydrogens is 164 g/mol. The normalized spacial score (nSPS) is 35.1. The van der Waals surface area contributed by atoms with Crippen molar-refractivity contribution in [3.05, 3.63) is 0 Å². The number of fused-ring (bicyclic) bond motifs is 1. The van der Waals surface area contributed by atoms with Crippen molar-refractivity contribution in [3.8, 4) is 12.1 Å². The van der Waals surface area contributed by atoms with Crippen LogP contribution in [0.4, 0.5) is 0 Å². The lowest BCUT2D eigenvalue weighted by Crippen LogP contribution is -2.51. The first kappa shape index (κ1) is 8.26. The molecule has 0 aromatic rings. The van der Waals surface area contributed by atoms with Gasteiger partial charge in [-0.2, -0.15) is 10.5 Å². The highest BCUT2D eigenvalue weighted by Gasteiger charge is 2.58. The van der Waals surface area contributed by atoms with Crippen LogP contribution in [0.2, 0.25) is 0 Å². The maximum Gasteiger partial charge on any atom is 0.148 e. The second kappa shape index (κ2) is 2.57. The van der Waals surface area contributed by atoms with Crippen LogP contribution in [0.1, 0.15) is 25.7 Å². The first-order chi connectivity index (χ1) is 6.23. The van der Waals surface area contributed by atoms with Gasteiger partial charge in [0.25, 0.3) is 0 Å². The van der Waals surface area contributed by atoms with Gasteiger partial charge in [-0.05, 0) is 19.3 Å². The highest BCUT2D eigenvalue weighted by Crippen LogP contribution is 2.55. The zero-order valence-corrected chi connectivity index (χ0v) is 7.29. The Morgan fingerprint density at radius 3 is 2.69 bits per heavy atom. The minimum Gasteiger partial charge on any atom is -0.299 e. The topological polar surface area (TPSA) is 64.7 Å². The maximum absolute atomic E-state index is 11.4. The molecule has 0 spiro atoms. The number of rotatable bonds is 0. The monoisotopic (exact) mass is 174 g/mol. The smallest absolute Gasteiger partial charge is 0.148 e. The summed E-state index contributed by atoms with van der Waals surface area (Å²) in [4.78, 5) is 11.4. The highest BCUT2D eigenvalue weighted by molar-refractivity contribution is 5.83. The number of hydrogen-bond acceptors (Lipinski definition) is 3. The molecule has 0 N–H and O–H groups in total. The van der Waals surface area contributed by atoms with E-state index in [1.165, 1.54) is 0 Å². The van der Waals surface area contributed by atoms with Gasteiger partial charge in [-0.1, -0.05) is 0 Å². The lowest BCUT2D eigenvalue weighted by molar-refractivity contribution is -0.136. The average molecular weight is 174 g/mol. The Balaban J connectivity index is 2.22. The fourth-order valence-electron chi connectivity index (χ4n) is 2.57. The zero-order chi connectivity index (χ0) is 9.47. The highest BCUT2D eigenvalue weighted by atomic mass is 16.1. The fourth-order valence-corrected chi connectivity index (χ4v) is 2.57. The predicted octanol–water partition coefficient (Wildman–Crippen LogP) is 1.41. The average Bonchev–Trinajstić information content (AvgIpc) is 2.11. The molecule has 0 heterocycles. The van der Waals surface area contributed by atoms with Crippen molar-refractivity contribution in [2.24, 2.45) is 17.3 Å². The van der Waals surface area contributed by atoms with Crippen molar-refractivity contribution in [3.63, 3.8) is 0 Å². The summed E-state index contributed by atoms with van der Waals surface area (Å²) in [5.74, 6) is 0.314. The van der Waals surface area contributed by atoms with Gasteiger partial charge in [0, 0.05) is 18.3 Å². The first-order valence-electron chi connectivity index (χ1n) is 4.59. The van der Waals surface area contributed by atoms with E-state index < -0.39 is 5.41 Å². The van der Waals surface area contributed by atoms with Crippen LogP contribution in [0.3, 0.4) is 0 Å². The van der Waals surface area contributed by atoms with Crippen LogP contribution in [0.5, 0.6) is 0 Å². The third-order valence-corrected chi connectivity index (χ3v) is 3.41. The van der Waals surface area contributed by atoms with Gasteiger partial charge in [-0.3, -0.25) is 4.79 Å². The van der Waals surface area contributed by atoms with Crippen molar-refractivity contribution in [2.75, 3.05) is 0 Å². The van der Waals surface area contributed by atoms with E-state index in [9.17, 15) is 4.79 Å². The molecule has 2 rings (SSSR count). The number of nitriles is 2. The van der Waals surface area contributed by atoms with Crippen LogP contribution in [0.25, 0.3) is 0 Å². The Kier molecular flexibility index (Phi) is 1.63. The summed E-state index contributed by atoms with van der Waals surface area (Å²) < 4.78 is 0. The first-order valence-corrected chi connectivity index (χ1v) is 4.59. The largest absolute Gasteiger partial charge is 0.299 e. The van der Waals surface area contributed by atoms with Crippen molar-refractivity contribution in [1.29, 1.82) is 10.5 Å². The molecule has 2 aliphatic carbocycles. The number of ketones is 1. The Morgan fingerprint density at radius 2 is 2.08 bits per heavy atom. The predicted molar refractivity (Wildman–Crippen MR) is 44.1 cm³/mol. The van der Waals surface area contributed by atoms with Gasteiger partial charge in [-0.25, -0.2) is 0 Å². The number of nitrogens with zero attached hydrogens (tertiary/aromatic N) is 2. The van der Waals surface area contributed by atoms with E-state index in [2.05, 4.69) is 12.1 Å². The standard InChI is InChI=1S/C10H10N2O/c11-5-10(6-12)4-7-8(10)2-1-3-9(7)13/h7-8H,1-4H2. The SMILES string of the molecule is N#CC1(C#N)CC2C(=O)CCCC21. The molecule has 2 atom stereocenters. The Labute approximate surface area is 77.0 Å². The molecule has 3 nitrogen and oxygen atoms in total. The maximum atomic E-state index is 11.4. The summed E-state index contributed by atoms with van der Waals surface area (Å²) in [6.45, 7) is 0. The molecule has 66 valence electrons. The van der Waals surface area contributed by atoms with Gasteiger partial charge in [0.05, 0.1) is 12.1 Å². The zero-order valence-electron chi connectivity index (χ0n) is 7.29. The van der Waals surface area contributed by atoms with Gasteiger partial charge in [0.15, 0.2) is 0 Å². The molecule has 0 aromatic carbocycles. The second-order valence-electron chi connectivity index (χ2n) is 3.97. The van der Waals surface area contributed by atoms with Gasteiger partial charge < -0.3 is 0 Å². The van der Waals surface area contributed by atoms with Crippen molar-refractivity contribution < 1.29 is 4.79 Å². The van der Waals surface area contributed by atoms with Crippen LogP contribution >= 0.6 is 0 Å². The Bertz CT molecular complexity index is 320. The molecule has 2 saturated carbocycles. The minimum atomic E-state index is -0.833. The van der Waals surface area contributed by atoms with E-state index in [0.29, 0.717) is 12.8 Å². The van der Waals surface area contributed by atoms with E-state index in [0.717, 1.165) is 12.8 Å². The van der Waals surface area contributed by atoms with Crippen LogP contribution in [-0.2, 0) is 4.79 Å². The van der Waals surface area contributed by atoms with Gasteiger partial charge in [-0.15, -0.1) is 0 Å². The van der Waals surface area contributed by atoms with E-state index >= 15 is 0 Å². The van der Waals surface area contributed by atoms with Crippen molar-refractivity contribution in [1.82, 2.24) is 0 Å². The fraction of sp³-hybridized carbons (Fsp3) is 0.700. The van der Waals surface area contributed by atoms with E-state index in [1.54, 1.807) is 0 Å². The molecule has 13 heavy (non-hydrogen) atoms. The molecular formula is C10H10N2O. The molecule has 0 radical (unpaired) electrons. The number of Topliss-reactive ketones (excluding diaryl/α,β-unsaturated/α-hetero) is 1. The molecule has 0 bridgehead atoms. The summed E-state index contributed by atoms with van der Waals surface area (Å²) >= 11 is 0. The molecule has 3 heteroatoms. The van der Waals surface area contributed by atoms with Crippen LogP contribution in [0, 0.1) is 39.9 Å². The Morgan fingerprint density at radius 1 is 1.38 bits per heavy atom. The van der Waals surface area contributed by atoms with Gasteiger partial charge in [0.1, 0.15) is 11.2 Å². The van der Waals surface area contributed by atoms with Crippen molar-refractivity contribution >= 4 is 5.78 Å². The lowest BCUT2D eigenvalue weighted by atomic mass is 9.50. The molecule has 0 aliphatic heterocycles. The number of carbonyl (C=O) groups excluding carboxylic acids is 1. The number of carbonyl (C=O) groups is 1. The summed E-state index contributed by atoms with van der Waals surface area (Å²) in [5.41, 5.74) is -0.833. The lowest BCUT2D eigenvalue weighted by Gasteiger charge is -2.48. The third-order valence-electron chi connectivity index (χ3n) is 3.41. The van der Waals surface area contributed by atoms with E-state index in [4.69, 9.17) is 10.5 Å². The molecule has 0 saturated heterocycles. The minimum absolute atomic E-state index is 0.0213. The summed E-state index contributed by atoms with van der Waals surface area (Å²) in [6, 6.07) is 4.14. The van der Waals surface area contributed by atoms with E-state index in [1.807, 2.05) is 0 Å². The van der Waals surface area contributed by atoms with Crippen LogP contribution in [-0.4, -0.2) is 5.78 Å². The molecule has 2 unspecified atom stereocenters. The molecule has 2 fully saturated rings. The van der Waals surface area contributed by atoms with Crippen molar-refractivity contribution in [2.45, 2.75) is 25.7 Å². The number of hydrogen-bond donors (Lipinski definition) is 0. The van der Waals surface area contributed by atoms with Gasteiger partial charge in [0.2, 0.25) is 0 Å².